The zero-order valence-corrected chi connectivity index (χ0v) is 17.3. The van der Waals surface area contributed by atoms with Crippen LogP contribution >= 0.6 is 0 Å². The monoisotopic (exact) mass is 403 g/mol. The highest BCUT2D eigenvalue weighted by molar-refractivity contribution is 5.77. The molecule has 0 saturated carbocycles. The van der Waals surface area contributed by atoms with Crippen LogP contribution in [-0.4, -0.2) is 53.4 Å². The van der Waals surface area contributed by atoms with Gasteiger partial charge in [-0.15, -0.1) is 0 Å². The number of para-hydroxylation sites is 2. The van der Waals surface area contributed by atoms with Crippen molar-refractivity contribution in [2.24, 2.45) is 0 Å². The van der Waals surface area contributed by atoms with Crippen LogP contribution in [0.5, 0.6) is 0 Å². The first-order valence-corrected chi connectivity index (χ1v) is 10.5. The maximum Gasteiger partial charge on any atom is 0.252 e. The van der Waals surface area contributed by atoms with Gasteiger partial charge in [0.1, 0.15) is 12.2 Å². The maximum absolute atomic E-state index is 12.8. The molecule has 1 N–H and O–H groups in total. The highest BCUT2D eigenvalue weighted by Gasteiger charge is 2.26. The molecule has 0 bridgehead atoms. The van der Waals surface area contributed by atoms with Gasteiger partial charge in [-0.3, -0.25) is 4.79 Å². The average molecular weight is 403 g/mol. The van der Waals surface area contributed by atoms with E-state index in [1.165, 1.54) is 6.33 Å². The zero-order valence-electron chi connectivity index (χ0n) is 17.3. The summed E-state index contributed by atoms with van der Waals surface area (Å²) in [5, 5.41) is 4.23. The summed E-state index contributed by atoms with van der Waals surface area (Å²) in [7, 11) is 0. The van der Waals surface area contributed by atoms with Crippen molar-refractivity contribution in [3.05, 3.63) is 53.4 Å². The second-order valence-electron chi connectivity index (χ2n) is 8.03. The number of carbonyl (C=O) groups excluding carboxylic acids is 1. The molecule has 0 unspecified atom stereocenters. The van der Waals surface area contributed by atoms with Gasteiger partial charge in [0, 0.05) is 36.8 Å². The first-order valence-electron chi connectivity index (χ1n) is 10.5. The van der Waals surface area contributed by atoms with Crippen molar-refractivity contribution < 1.29 is 4.79 Å². The van der Waals surface area contributed by atoms with Crippen LogP contribution in [0, 0.1) is 13.8 Å². The fraction of sp³-hybridized carbons (Fsp3) is 0.409. The van der Waals surface area contributed by atoms with Crippen molar-refractivity contribution in [2.45, 2.75) is 45.4 Å². The van der Waals surface area contributed by atoms with Gasteiger partial charge in [-0.05, 0) is 50.8 Å². The number of benzene rings is 1. The van der Waals surface area contributed by atoms with Crippen LogP contribution in [-0.2, 0) is 11.2 Å². The molecule has 0 atom stereocenters. The van der Waals surface area contributed by atoms with Crippen molar-refractivity contribution in [3.8, 4) is 0 Å². The lowest BCUT2D eigenvalue weighted by atomic mass is 9.95. The largest absolute Gasteiger partial charge is 0.343 e. The fourth-order valence-corrected chi connectivity index (χ4v) is 4.48. The molecule has 0 spiro atoms. The number of nitrogens with one attached hydrogen (secondary N) is 1. The van der Waals surface area contributed by atoms with Gasteiger partial charge in [-0.1, -0.05) is 12.1 Å². The number of fused-ring (bicyclic) bond motifs is 2. The third-order valence-electron chi connectivity index (χ3n) is 6.22. The molecule has 1 aliphatic heterocycles. The molecule has 8 nitrogen and oxygen atoms in total. The summed E-state index contributed by atoms with van der Waals surface area (Å²) in [6.07, 6.45) is 4.55. The predicted octanol–water partition coefficient (Wildman–Crippen LogP) is 2.96. The Labute approximate surface area is 174 Å². The molecule has 1 fully saturated rings. The molecular weight excluding hydrogens is 378 g/mol. The quantitative estimate of drug-likeness (QED) is 0.566. The Kier molecular flexibility index (Phi) is 4.69. The number of carbonyl (C=O) groups is 1. The van der Waals surface area contributed by atoms with Gasteiger partial charge in [0.05, 0.1) is 11.0 Å². The molecule has 1 saturated heterocycles. The van der Waals surface area contributed by atoms with Crippen molar-refractivity contribution in [1.29, 1.82) is 0 Å². The van der Waals surface area contributed by atoms with E-state index in [2.05, 4.69) is 26.1 Å². The topological polar surface area (TPSA) is 92.1 Å². The van der Waals surface area contributed by atoms with E-state index in [1.54, 1.807) is 4.52 Å². The molecule has 1 amide bonds. The first kappa shape index (κ1) is 18.7. The number of piperidine rings is 1. The number of amides is 1. The predicted molar refractivity (Wildman–Crippen MR) is 113 cm³/mol. The summed E-state index contributed by atoms with van der Waals surface area (Å²) in [4.78, 5) is 31.7. The summed E-state index contributed by atoms with van der Waals surface area (Å²) < 4.78 is 1.74. The Hall–Kier alpha value is -3.29. The van der Waals surface area contributed by atoms with Crippen LogP contribution in [0.3, 0.4) is 0 Å². The molecule has 3 aromatic heterocycles. The van der Waals surface area contributed by atoms with Gasteiger partial charge in [0.15, 0.2) is 0 Å². The summed E-state index contributed by atoms with van der Waals surface area (Å²) in [5.74, 6) is 2.23. The molecule has 0 radical (unpaired) electrons. The molecule has 5 rings (SSSR count). The van der Waals surface area contributed by atoms with Crippen molar-refractivity contribution in [1.82, 2.24) is 34.4 Å². The standard InChI is InChI=1S/C22H25N7O/c1-14-17(15(2)29-22(25-14)23-13-24-29)7-8-20(30)28-11-9-16(10-12-28)21-26-18-5-3-4-6-19(18)27-21/h3-6,13,16H,7-12H2,1-2H3,(H,26,27). The van der Waals surface area contributed by atoms with Gasteiger partial charge in [-0.25, -0.2) is 14.5 Å². The molecular formula is C22H25N7O. The maximum atomic E-state index is 12.8. The number of aromatic amines is 1. The molecule has 4 aromatic rings. The molecule has 154 valence electrons. The minimum Gasteiger partial charge on any atom is -0.343 e. The number of H-pyrrole nitrogens is 1. The highest BCUT2D eigenvalue weighted by atomic mass is 16.2. The van der Waals surface area contributed by atoms with Crippen molar-refractivity contribution in [3.63, 3.8) is 0 Å². The third kappa shape index (κ3) is 3.32. The minimum absolute atomic E-state index is 0.204. The SMILES string of the molecule is Cc1nc2ncnn2c(C)c1CCC(=O)N1CCC(c2nc3ccccc3[nH]2)CC1. The molecule has 0 aliphatic carbocycles. The van der Waals surface area contributed by atoms with Crippen molar-refractivity contribution in [2.75, 3.05) is 13.1 Å². The minimum atomic E-state index is 0.204. The summed E-state index contributed by atoms with van der Waals surface area (Å²) >= 11 is 0. The second-order valence-corrected chi connectivity index (χ2v) is 8.03. The van der Waals surface area contributed by atoms with Crippen LogP contribution in [0.4, 0.5) is 0 Å². The second kappa shape index (κ2) is 7.51. The number of imidazole rings is 1. The first-order chi connectivity index (χ1) is 14.6. The van der Waals surface area contributed by atoms with Gasteiger partial charge >= 0.3 is 0 Å². The van der Waals surface area contributed by atoms with Gasteiger partial charge in [0.25, 0.3) is 5.78 Å². The number of hydrogen-bond acceptors (Lipinski definition) is 5. The van der Waals surface area contributed by atoms with Crippen LogP contribution in [0.2, 0.25) is 0 Å². The van der Waals surface area contributed by atoms with Gasteiger partial charge in [-0.2, -0.15) is 10.1 Å². The van der Waals surface area contributed by atoms with E-state index in [4.69, 9.17) is 4.98 Å². The number of aromatic nitrogens is 6. The third-order valence-corrected chi connectivity index (χ3v) is 6.22. The number of aryl methyl sites for hydroxylation is 2. The van der Waals surface area contributed by atoms with Crippen molar-refractivity contribution >= 4 is 22.7 Å². The van der Waals surface area contributed by atoms with E-state index >= 15 is 0 Å². The molecule has 1 aliphatic rings. The number of rotatable bonds is 4. The Morgan fingerprint density at radius 2 is 1.97 bits per heavy atom. The molecule has 4 heterocycles. The number of hydrogen-bond donors (Lipinski definition) is 1. The lowest BCUT2D eigenvalue weighted by molar-refractivity contribution is -0.132. The van der Waals surface area contributed by atoms with E-state index in [9.17, 15) is 4.79 Å². The average Bonchev–Trinajstić information content (AvgIpc) is 3.40. The smallest absolute Gasteiger partial charge is 0.252 e. The summed E-state index contributed by atoms with van der Waals surface area (Å²) in [5.41, 5.74) is 5.10. The number of likely N-dealkylation sites (tertiary alicyclic amines) is 1. The lowest BCUT2D eigenvalue weighted by Crippen LogP contribution is -2.38. The van der Waals surface area contributed by atoms with E-state index in [0.717, 1.165) is 59.7 Å². The Morgan fingerprint density at radius 3 is 2.77 bits per heavy atom. The molecule has 1 aromatic carbocycles. The van der Waals surface area contributed by atoms with E-state index in [0.29, 0.717) is 24.5 Å². The van der Waals surface area contributed by atoms with Gasteiger partial charge < -0.3 is 9.88 Å². The highest BCUT2D eigenvalue weighted by Crippen LogP contribution is 2.28. The van der Waals surface area contributed by atoms with Crippen LogP contribution in [0.15, 0.2) is 30.6 Å². The Morgan fingerprint density at radius 1 is 1.17 bits per heavy atom. The zero-order chi connectivity index (χ0) is 20.7. The van der Waals surface area contributed by atoms with Gasteiger partial charge in [0.2, 0.25) is 5.91 Å². The van der Waals surface area contributed by atoms with E-state index in [-0.39, 0.29) is 5.91 Å². The molecule has 8 heteroatoms. The van der Waals surface area contributed by atoms with Crippen LogP contribution in [0.1, 0.15) is 48.0 Å². The summed E-state index contributed by atoms with van der Waals surface area (Å²) in [6, 6.07) is 8.11. The van der Waals surface area contributed by atoms with E-state index in [1.807, 2.05) is 36.9 Å². The van der Waals surface area contributed by atoms with E-state index < -0.39 is 0 Å². The Bertz CT molecular complexity index is 1180. The fourth-order valence-electron chi connectivity index (χ4n) is 4.48. The van der Waals surface area contributed by atoms with Crippen LogP contribution < -0.4 is 0 Å². The lowest BCUT2D eigenvalue weighted by Gasteiger charge is -2.31. The number of nitrogens with zero attached hydrogens (tertiary/aromatic N) is 6. The summed E-state index contributed by atoms with van der Waals surface area (Å²) in [6.45, 7) is 5.53. The Balaban J connectivity index is 1.21. The van der Waals surface area contributed by atoms with Crippen LogP contribution in [0.25, 0.3) is 16.8 Å². The molecule has 30 heavy (non-hydrogen) atoms. The normalized spacial score (nSPS) is 15.3.